The number of carboxylic acid groups (broad SMARTS) is 1. The summed E-state index contributed by atoms with van der Waals surface area (Å²) in [5.41, 5.74) is 0. The predicted molar refractivity (Wildman–Crippen MR) is 43.7 cm³/mol. The summed E-state index contributed by atoms with van der Waals surface area (Å²) in [6.07, 6.45) is -8.72. The first-order valence-electron chi connectivity index (χ1n) is 3.55. The molecule has 0 aliphatic carbocycles. The molecule has 0 aromatic rings. The van der Waals surface area contributed by atoms with E-state index < -0.39 is 36.7 Å². The van der Waals surface area contributed by atoms with Crippen molar-refractivity contribution in [1.82, 2.24) is 0 Å². The van der Waals surface area contributed by atoms with Crippen LogP contribution in [0.15, 0.2) is 0 Å². The van der Waals surface area contributed by atoms with E-state index >= 15 is 0 Å². The third-order valence-corrected chi connectivity index (χ3v) is 1.83. The Bertz CT molecular complexity index is 210. The molecule has 8 heteroatoms. The minimum absolute atomic E-state index is 0. The normalized spacial score (nSPS) is 42.7. The Morgan fingerprint density at radius 1 is 1.00 bits per heavy atom. The monoisotopic (exact) mass is 234 g/mol. The maximum atomic E-state index is 10.4. The Morgan fingerprint density at radius 2 is 1.50 bits per heavy atom. The SMILES string of the molecule is O=C(O)[C@H]1O[C@@H](O)[C@H](O)[C@@H](O)[C@@H]1O.[KH]. The van der Waals surface area contributed by atoms with E-state index in [1.54, 1.807) is 0 Å². The number of aliphatic hydroxyl groups is 4. The average molecular weight is 234 g/mol. The molecule has 14 heavy (non-hydrogen) atoms. The molecule has 0 spiro atoms. The second-order valence-electron chi connectivity index (χ2n) is 2.76. The van der Waals surface area contributed by atoms with Gasteiger partial charge in [0.1, 0.15) is 18.3 Å². The molecule has 5 atom stereocenters. The Kier molecular flexibility index (Phi) is 6.22. The standard InChI is InChI=1S/C6H10O7.K.H/c7-1-2(8)4(5(10)11)13-6(12)3(1)9;;/h1-4,6-9,12H,(H,10,11);;/t1-,2-,3+,4-,6+;;/m0../s1. The molecule has 0 aromatic heterocycles. The van der Waals surface area contributed by atoms with Gasteiger partial charge in [0.25, 0.3) is 0 Å². The molecule has 5 N–H and O–H groups in total. The van der Waals surface area contributed by atoms with Crippen molar-refractivity contribution in [2.75, 3.05) is 0 Å². The van der Waals surface area contributed by atoms with Gasteiger partial charge in [0.2, 0.25) is 0 Å². The van der Waals surface area contributed by atoms with E-state index in [2.05, 4.69) is 4.74 Å². The Labute approximate surface area is 122 Å². The Balaban J connectivity index is 0.00000169. The average Bonchev–Trinajstić information content (AvgIpc) is 2.07. The second-order valence-corrected chi connectivity index (χ2v) is 2.76. The van der Waals surface area contributed by atoms with Crippen LogP contribution in [0.25, 0.3) is 0 Å². The van der Waals surface area contributed by atoms with Crippen LogP contribution in [0.2, 0.25) is 0 Å². The second kappa shape index (κ2) is 5.85. The fourth-order valence-corrected chi connectivity index (χ4v) is 1.07. The summed E-state index contributed by atoms with van der Waals surface area (Å²) in [4.78, 5) is 10.4. The van der Waals surface area contributed by atoms with E-state index in [-0.39, 0.29) is 51.4 Å². The summed E-state index contributed by atoms with van der Waals surface area (Å²) in [5.74, 6) is -1.52. The van der Waals surface area contributed by atoms with Crippen LogP contribution in [0, 0.1) is 0 Å². The molecule has 1 rings (SSSR count). The molecular weight excluding hydrogens is 223 g/mol. The van der Waals surface area contributed by atoms with Crippen molar-refractivity contribution < 1.29 is 35.1 Å². The van der Waals surface area contributed by atoms with Gasteiger partial charge in [0.15, 0.2) is 12.4 Å². The van der Waals surface area contributed by atoms with Crippen molar-refractivity contribution >= 4 is 57.4 Å². The summed E-state index contributed by atoms with van der Waals surface area (Å²) >= 11 is 0. The number of hydrogen-bond donors (Lipinski definition) is 5. The number of ether oxygens (including phenoxy) is 1. The first kappa shape index (κ1) is 14.9. The molecule has 7 nitrogen and oxygen atoms in total. The number of aliphatic hydroxyl groups excluding tert-OH is 4. The van der Waals surface area contributed by atoms with Crippen molar-refractivity contribution in [3.63, 3.8) is 0 Å². The topological polar surface area (TPSA) is 127 Å². The first-order valence-corrected chi connectivity index (χ1v) is 3.55. The van der Waals surface area contributed by atoms with Gasteiger partial charge in [0, 0.05) is 0 Å². The molecule has 1 heterocycles. The van der Waals surface area contributed by atoms with E-state index in [1.165, 1.54) is 0 Å². The van der Waals surface area contributed by atoms with Gasteiger partial charge in [0.05, 0.1) is 0 Å². The number of aliphatic carboxylic acids is 1. The zero-order chi connectivity index (χ0) is 10.2. The summed E-state index contributed by atoms with van der Waals surface area (Å²) in [6.45, 7) is 0. The fraction of sp³-hybridized carbons (Fsp3) is 0.833. The third-order valence-electron chi connectivity index (χ3n) is 1.83. The molecule has 1 aliphatic rings. The van der Waals surface area contributed by atoms with Crippen molar-refractivity contribution in [1.29, 1.82) is 0 Å². The fourth-order valence-electron chi connectivity index (χ4n) is 1.07. The molecular formula is C6H11KO7. The molecule has 0 radical (unpaired) electrons. The van der Waals surface area contributed by atoms with Crippen LogP contribution in [-0.4, -0.2) is 114 Å². The van der Waals surface area contributed by atoms with Crippen LogP contribution in [-0.2, 0) is 9.53 Å². The van der Waals surface area contributed by atoms with Crippen LogP contribution in [0.1, 0.15) is 0 Å². The molecule has 0 saturated carbocycles. The Morgan fingerprint density at radius 3 is 1.93 bits per heavy atom. The Hall–Kier alpha value is 0.906. The zero-order valence-electron chi connectivity index (χ0n) is 6.44. The van der Waals surface area contributed by atoms with Crippen LogP contribution >= 0.6 is 0 Å². The zero-order valence-corrected chi connectivity index (χ0v) is 6.44. The van der Waals surface area contributed by atoms with Crippen molar-refractivity contribution in [2.24, 2.45) is 0 Å². The van der Waals surface area contributed by atoms with Crippen LogP contribution in [0.3, 0.4) is 0 Å². The van der Waals surface area contributed by atoms with Gasteiger partial charge in [-0.3, -0.25) is 0 Å². The molecule has 0 unspecified atom stereocenters. The number of rotatable bonds is 1. The quantitative estimate of drug-likeness (QED) is 0.295. The van der Waals surface area contributed by atoms with E-state index in [1.807, 2.05) is 0 Å². The summed E-state index contributed by atoms with van der Waals surface area (Å²) in [5, 5.41) is 44.4. The first-order chi connectivity index (χ1) is 5.95. The van der Waals surface area contributed by atoms with Crippen molar-refractivity contribution in [3.8, 4) is 0 Å². The summed E-state index contributed by atoms with van der Waals surface area (Å²) in [6, 6.07) is 0. The van der Waals surface area contributed by atoms with Crippen molar-refractivity contribution in [2.45, 2.75) is 30.7 Å². The molecule has 1 fully saturated rings. The molecule has 0 aromatic carbocycles. The van der Waals surface area contributed by atoms with Crippen molar-refractivity contribution in [3.05, 3.63) is 0 Å². The maximum absolute atomic E-state index is 10.4. The molecule has 0 amide bonds. The van der Waals surface area contributed by atoms with E-state index in [9.17, 15) is 4.79 Å². The molecule has 1 saturated heterocycles. The van der Waals surface area contributed by atoms with Gasteiger partial charge >= 0.3 is 57.4 Å². The minimum atomic E-state index is -1.81. The van der Waals surface area contributed by atoms with Gasteiger partial charge < -0.3 is 30.3 Å². The predicted octanol–water partition coefficient (Wildman–Crippen LogP) is -3.78. The van der Waals surface area contributed by atoms with Gasteiger partial charge in [-0.05, 0) is 0 Å². The van der Waals surface area contributed by atoms with Gasteiger partial charge in [-0.15, -0.1) is 0 Å². The van der Waals surface area contributed by atoms with Crippen LogP contribution < -0.4 is 0 Å². The third kappa shape index (κ3) is 2.95. The molecule has 78 valence electrons. The van der Waals surface area contributed by atoms with E-state index in [0.717, 1.165) is 0 Å². The number of carbonyl (C=O) groups is 1. The van der Waals surface area contributed by atoms with E-state index in [0.29, 0.717) is 0 Å². The number of carboxylic acids is 1. The van der Waals surface area contributed by atoms with Gasteiger partial charge in [-0.2, -0.15) is 0 Å². The summed E-state index contributed by atoms with van der Waals surface area (Å²) in [7, 11) is 0. The van der Waals surface area contributed by atoms with Gasteiger partial charge in [-0.25, -0.2) is 4.79 Å². The van der Waals surface area contributed by atoms with Crippen LogP contribution in [0.4, 0.5) is 0 Å². The molecule has 1 aliphatic heterocycles. The van der Waals surface area contributed by atoms with Crippen LogP contribution in [0.5, 0.6) is 0 Å². The summed E-state index contributed by atoms with van der Waals surface area (Å²) < 4.78 is 4.34. The number of hydrogen-bond acceptors (Lipinski definition) is 6. The molecule has 0 bridgehead atoms. The van der Waals surface area contributed by atoms with E-state index in [4.69, 9.17) is 25.5 Å². The van der Waals surface area contributed by atoms with Gasteiger partial charge in [-0.1, -0.05) is 0 Å².